The van der Waals surface area contributed by atoms with Crippen LogP contribution in [0.4, 0.5) is 15.0 Å². The lowest BCUT2D eigenvalue weighted by atomic mass is 10.0. The molecule has 0 spiro atoms. The summed E-state index contributed by atoms with van der Waals surface area (Å²) < 4.78 is 19.8. The molecule has 2 amide bonds. The van der Waals surface area contributed by atoms with E-state index in [-0.39, 0.29) is 29.9 Å². The third-order valence-electron chi connectivity index (χ3n) is 5.58. The first-order valence-electron chi connectivity index (χ1n) is 9.97. The standard InChI is InChI=1S/C21H23FN6O3/c22-17-14(12-31-21(30)26-20(23)24)5-8-25-18(17)27-9-6-15(7-10-27)28-11-13-3-1-2-4-16(13)19(28)29/h1-5,8,15H,6-7,9-12H2,(H4,23,24,26,30). The minimum atomic E-state index is -0.991. The van der Waals surface area contributed by atoms with Crippen molar-refractivity contribution in [2.75, 3.05) is 18.0 Å². The average Bonchev–Trinajstić information content (AvgIpc) is 3.09. The largest absolute Gasteiger partial charge is 0.443 e. The minimum Gasteiger partial charge on any atom is -0.443 e. The first-order valence-corrected chi connectivity index (χ1v) is 9.97. The van der Waals surface area contributed by atoms with E-state index < -0.39 is 17.9 Å². The van der Waals surface area contributed by atoms with Gasteiger partial charge in [0.25, 0.3) is 5.91 Å². The summed E-state index contributed by atoms with van der Waals surface area (Å²) in [6.45, 7) is 1.43. The van der Waals surface area contributed by atoms with Gasteiger partial charge in [-0.15, -0.1) is 4.99 Å². The van der Waals surface area contributed by atoms with Gasteiger partial charge < -0.3 is 26.0 Å². The van der Waals surface area contributed by atoms with Crippen LogP contribution >= 0.6 is 0 Å². The van der Waals surface area contributed by atoms with Crippen molar-refractivity contribution in [1.29, 1.82) is 0 Å². The van der Waals surface area contributed by atoms with Crippen molar-refractivity contribution in [3.8, 4) is 0 Å². The van der Waals surface area contributed by atoms with Crippen molar-refractivity contribution in [2.24, 2.45) is 16.5 Å². The van der Waals surface area contributed by atoms with Crippen molar-refractivity contribution in [2.45, 2.75) is 32.0 Å². The second kappa shape index (κ2) is 8.58. The molecule has 1 saturated heterocycles. The van der Waals surface area contributed by atoms with E-state index in [9.17, 15) is 14.0 Å². The number of pyridine rings is 1. The molecule has 31 heavy (non-hydrogen) atoms. The molecule has 0 aliphatic carbocycles. The van der Waals surface area contributed by atoms with E-state index in [0.29, 0.717) is 32.5 Å². The molecule has 4 rings (SSSR count). The second-order valence-corrected chi connectivity index (χ2v) is 7.51. The molecule has 0 atom stereocenters. The molecule has 0 saturated carbocycles. The van der Waals surface area contributed by atoms with Gasteiger partial charge >= 0.3 is 6.09 Å². The van der Waals surface area contributed by atoms with E-state index in [1.807, 2.05) is 34.1 Å². The number of aliphatic imine (C=N–C) groups is 1. The summed E-state index contributed by atoms with van der Waals surface area (Å²) in [6, 6.07) is 9.19. The number of halogens is 1. The molecular weight excluding hydrogens is 403 g/mol. The summed E-state index contributed by atoms with van der Waals surface area (Å²) in [6.07, 6.45) is 1.90. The van der Waals surface area contributed by atoms with Gasteiger partial charge in [0.05, 0.1) is 0 Å². The lowest BCUT2D eigenvalue weighted by Crippen LogP contribution is -2.45. The number of carbonyl (C=O) groups is 2. The molecule has 4 N–H and O–H groups in total. The number of aromatic nitrogens is 1. The third kappa shape index (κ3) is 4.27. The molecule has 3 heterocycles. The number of piperidine rings is 1. The zero-order valence-corrected chi connectivity index (χ0v) is 16.8. The number of ether oxygens (including phenoxy) is 1. The third-order valence-corrected chi connectivity index (χ3v) is 5.58. The fourth-order valence-electron chi connectivity index (χ4n) is 4.04. The molecule has 10 heteroatoms. The predicted octanol–water partition coefficient (Wildman–Crippen LogP) is 1.76. The molecule has 1 aromatic carbocycles. The van der Waals surface area contributed by atoms with E-state index in [2.05, 4.69) is 9.98 Å². The first-order chi connectivity index (χ1) is 14.9. The van der Waals surface area contributed by atoms with Gasteiger partial charge in [-0.1, -0.05) is 18.2 Å². The summed E-state index contributed by atoms with van der Waals surface area (Å²) in [5, 5.41) is 0. The van der Waals surface area contributed by atoms with Gasteiger partial charge in [0.2, 0.25) is 0 Å². The summed E-state index contributed by atoms with van der Waals surface area (Å²) in [7, 11) is 0. The van der Waals surface area contributed by atoms with Gasteiger partial charge in [-0.3, -0.25) is 4.79 Å². The lowest BCUT2D eigenvalue weighted by molar-refractivity contribution is 0.0675. The number of fused-ring (bicyclic) bond motifs is 1. The van der Waals surface area contributed by atoms with Crippen molar-refractivity contribution in [1.82, 2.24) is 9.88 Å². The molecular formula is C21H23FN6O3. The Morgan fingerprint density at radius 3 is 2.68 bits per heavy atom. The van der Waals surface area contributed by atoms with Gasteiger partial charge in [0.1, 0.15) is 6.61 Å². The summed E-state index contributed by atoms with van der Waals surface area (Å²) in [4.78, 5) is 35.3. The molecule has 2 aromatic rings. The molecule has 0 radical (unpaired) electrons. The first kappa shape index (κ1) is 20.6. The van der Waals surface area contributed by atoms with Crippen LogP contribution in [0.1, 0.15) is 34.3 Å². The summed E-state index contributed by atoms with van der Waals surface area (Å²) >= 11 is 0. The van der Waals surface area contributed by atoms with E-state index in [0.717, 1.165) is 11.1 Å². The molecule has 162 valence electrons. The number of carbonyl (C=O) groups excluding carboxylic acids is 2. The Kier molecular flexibility index (Phi) is 5.70. The number of anilines is 1. The van der Waals surface area contributed by atoms with Crippen LogP contribution in [-0.2, 0) is 17.9 Å². The number of benzene rings is 1. The van der Waals surface area contributed by atoms with Crippen LogP contribution < -0.4 is 16.4 Å². The topological polar surface area (TPSA) is 127 Å². The molecule has 0 bridgehead atoms. The Morgan fingerprint density at radius 2 is 1.97 bits per heavy atom. The number of nitrogens with zero attached hydrogens (tertiary/aromatic N) is 4. The fourth-order valence-corrected chi connectivity index (χ4v) is 4.04. The molecule has 2 aliphatic rings. The lowest BCUT2D eigenvalue weighted by Gasteiger charge is -2.37. The SMILES string of the molecule is NC(N)=NC(=O)OCc1ccnc(N2CCC(N3Cc4ccccc4C3=O)CC2)c1F. The van der Waals surface area contributed by atoms with Crippen LogP contribution in [0.2, 0.25) is 0 Å². The van der Waals surface area contributed by atoms with Gasteiger partial charge in [0, 0.05) is 43.0 Å². The monoisotopic (exact) mass is 426 g/mol. The highest BCUT2D eigenvalue weighted by Crippen LogP contribution is 2.30. The molecule has 1 fully saturated rings. The van der Waals surface area contributed by atoms with E-state index in [1.54, 1.807) is 0 Å². The Balaban J connectivity index is 1.39. The van der Waals surface area contributed by atoms with Crippen LogP contribution in [0, 0.1) is 5.82 Å². The zero-order valence-electron chi connectivity index (χ0n) is 16.8. The van der Waals surface area contributed by atoms with Crippen molar-refractivity contribution in [3.63, 3.8) is 0 Å². The van der Waals surface area contributed by atoms with Crippen LogP contribution in [0.5, 0.6) is 0 Å². The van der Waals surface area contributed by atoms with Crippen LogP contribution in [0.3, 0.4) is 0 Å². The van der Waals surface area contributed by atoms with E-state index >= 15 is 0 Å². The highest BCUT2D eigenvalue weighted by molar-refractivity contribution is 5.98. The van der Waals surface area contributed by atoms with Gasteiger partial charge in [0.15, 0.2) is 17.6 Å². The zero-order chi connectivity index (χ0) is 22.0. The molecule has 2 aliphatic heterocycles. The van der Waals surface area contributed by atoms with Crippen molar-refractivity contribution >= 4 is 23.8 Å². The van der Waals surface area contributed by atoms with Gasteiger partial charge in [-0.25, -0.2) is 14.2 Å². The Labute approximate surface area is 178 Å². The normalized spacial score (nSPS) is 16.2. The maximum atomic E-state index is 15.0. The minimum absolute atomic E-state index is 0.0583. The van der Waals surface area contributed by atoms with Crippen LogP contribution in [0.25, 0.3) is 0 Å². The quantitative estimate of drug-likeness (QED) is 0.563. The van der Waals surface area contributed by atoms with Crippen molar-refractivity contribution in [3.05, 3.63) is 59.0 Å². The molecule has 0 unspecified atom stereocenters. The van der Waals surface area contributed by atoms with Crippen LogP contribution in [-0.4, -0.2) is 47.0 Å². The number of guanidine groups is 1. The van der Waals surface area contributed by atoms with E-state index in [1.165, 1.54) is 12.3 Å². The Morgan fingerprint density at radius 1 is 1.23 bits per heavy atom. The fraction of sp³-hybridized carbons (Fsp3) is 0.333. The highest BCUT2D eigenvalue weighted by atomic mass is 19.1. The highest BCUT2D eigenvalue weighted by Gasteiger charge is 2.34. The average molecular weight is 426 g/mol. The molecule has 9 nitrogen and oxygen atoms in total. The maximum Gasteiger partial charge on any atom is 0.437 e. The predicted molar refractivity (Wildman–Crippen MR) is 112 cm³/mol. The number of hydrogen-bond donors (Lipinski definition) is 2. The van der Waals surface area contributed by atoms with Crippen molar-refractivity contribution < 1.29 is 18.7 Å². The van der Waals surface area contributed by atoms with Gasteiger partial charge in [-0.05, 0) is 30.5 Å². The second-order valence-electron chi connectivity index (χ2n) is 7.51. The Hall–Kier alpha value is -3.69. The van der Waals surface area contributed by atoms with Crippen LogP contribution in [0.15, 0.2) is 41.5 Å². The maximum absolute atomic E-state index is 15.0. The smallest absolute Gasteiger partial charge is 0.437 e. The Bertz CT molecular complexity index is 1030. The number of rotatable bonds is 4. The van der Waals surface area contributed by atoms with E-state index in [4.69, 9.17) is 16.2 Å². The summed E-state index contributed by atoms with van der Waals surface area (Å²) in [5.41, 5.74) is 12.2. The number of nitrogens with two attached hydrogens (primary N) is 2. The molecule has 1 aromatic heterocycles. The number of hydrogen-bond acceptors (Lipinski definition) is 5. The summed E-state index contributed by atoms with van der Waals surface area (Å²) in [5.74, 6) is -0.723. The number of amides is 2. The van der Waals surface area contributed by atoms with Gasteiger partial charge in [-0.2, -0.15) is 0 Å².